The summed E-state index contributed by atoms with van der Waals surface area (Å²) < 4.78 is 5.63. The molecule has 5 nitrogen and oxygen atoms in total. The van der Waals surface area contributed by atoms with Gasteiger partial charge in [-0.3, -0.25) is 5.26 Å². The minimum absolute atomic E-state index is 0.0245. The van der Waals surface area contributed by atoms with Gasteiger partial charge in [-0.2, -0.15) is 0 Å². The second-order valence-corrected chi connectivity index (χ2v) is 7.48. The summed E-state index contributed by atoms with van der Waals surface area (Å²) in [6.07, 6.45) is 0.653. The van der Waals surface area contributed by atoms with Crippen LogP contribution in [-0.4, -0.2) is 30.6 Å². The maximum absolute atomic E-state index is 12.6. The minimum Gasteiger partial charge on any atom is -0.449 e. The molecule has 1 aliphatic carbocycles. The van der Waals surface area contributed by atoms with Gasteiger partial charge in [0.05, 0.1) is 6.61 Å². The van der Waals surface area contributed by atoms with Gasteiger partial charge in [0.1, 0.15) is 6.61 Å². The number of hydrogen-bond donors (Lipinski definition) is 2. The lowest BCUT2D eigenvalue weighted by Crippen LogP contribution is -2.38. The molecule has 0 saturated heterocycles. The molecular weight excluding hydrogens is 378 g/mol. The zero-order valence-electron chi connectivity index (χ0n) is 16.7. The van der Waals surface area contributed by atoms with Gasteiger partial charge in [0.25, 0.3) is 0 Å². The first-order valence-electron chi connectivity index (χ1n) is 10.2. The third kappa shape index (κ3) is 4.53. The van der Waals surface area contributed by atoms with Crippen LogP contribution in [-0.2, 0) is 16.0 Å². The summed E-state index contributed by atoms with van der Waals surface area (Å²) >= 11 is 0. The zero-order chi connectivity index (χ0) is 20.8. The molecule has 1 amide bonds. The van der Waals surface area contributed by atoms with Gasteiger partial charge in [-0.1, -0.05) is 78.9 Å². The van der Waals surface area contributed by atoms with Crippen LogP contribution in [0.3, 0.4) is 0 Å². The molecule has 4 rings (SSSR count). The Morgan fingerprint density at radius 3 is 2.13 bits per heavy atom. The Labute approximate surface area is 176 Å². The summed E-state index contributed by atoms with van der Waals surface area (Å²) in [4.78, 5) is 16.8. The van der Waals surface area contributed by atoms with Crippen molar-refractivity contribution in [2.75, 3.05) is 13.2 Å². The van der Waals surface area contributed by atoms with E-state index in [9.17, 15) is 4.79 Å². The van der Waals surface area contributed by atoms with Gasteiger partial charge in [0, 0.05) is 12.0 Å². The lowest BCUT2D eigenvalue weighted by Gasteiger charge is -2.20. The van der Waals surface area contributed by atoms with Gasteiger partial charge in [-0.05, 0) is 40.7 Å². The predicted octanol–water partition coefficient (Wildman–Crippen LogP) is 5.02. The van der Waals surface area contributed by atoms with Gasteiger partial charge in [0.15, 0.2) is 0 Å². The van der Waals surface area contributed by atoms with Crippen LogP contribution in [0.25, 0.3) is 11.1 Å². The number of rotatable bonds is 8. The summed E-state index contributed by atoms with van der Waals surface area (Å²) in [5.41, 5.74) is 5.86. The molecule has 0 aromatic heterocycles. The van der Waals surface area contributed by atoms with E-state index in [1.165, 1.54) is 22.3 Å². The van der Waals surface area contributed by atoms with E-state index >= 15 is 0 Å². The first-order valence-corrected chi connectivity index (χ1v) is 10.2. The fourth-order valence-electron chi connectivity index (χ4n) is 4.13. The molecule has 1 atom stereocenters. The van der Waals surface area contributed by atoms with E-state index in [1.54, 1.807) is 0 Å². The molecule has 0 spiro atoms. The van der Waals surface area contributed by atoms with Gasteiger partial charge >= 0.3 is 6.09 Å². The van der Waals surface area contributed by atoms with Crippen LogP contribution in [0.2, 0.25) is 0 Å². The topological polar surface area (TPSA) is 67.8 Å². The molecule has 30 heavy (non-hydrogen) atoms. The van der Waals surface area contributed by atoms with Gasteiger partial charge in [0.2, 0.25) is 0 Å². The Morgan fingerprint density at radius 2 is 1.50 bits per heavy atom. The molecule has 5 heteroatoms. The van der Waals surface area contributed by atoms with E-state index in [0.29, 0.717) is 12.8 Å². The fraction of sp³-hybridized carbons (Fsp3) is 0.240. The molecule has 0 unspecified atom stereocenters. The summed E-state index contributed by atoms with van der Waals surface area (Å²) in [6.45, 7) is 0.412. The second-order valence-electron chi connectivity index (χ2n) is 7.48. The molecule has 154 valence electrons. The van der Waals surface area contributed by atoms with Crippen LogP contribution in [0.4, 0.5) is 4.79 Å². The molecular formula is C25H25NO4. The van der Waals surface area contributed by atoms with Crippen molar-refractivity contribution in [1.82, 2.24) is 5.32 Å². The summed E-state index contributed by atoms with van der Waals surface area (Å²) in [7, 11) is 0. The molecule has 0 heterocycles. The number of fused-ring (bicyclic) bond motifs is 3. The highest BCUT2D eigenvalue weighted by Crippen LogP contribution is 2.44. The third-order valence-corrected chi connectivity index (χ3v) is 5.55. The number of ether oxygens (including phenoxy) is 1. The second kappa shape index (κ2) is 9.57. The zero-order valence-corrected chi connectivity index (χ0v) is 16.7. The number of alkyl carbamates (subject to hydrolysis) is 1. The van der Waals surface area contributed by atoms with Crippen molar-refractivity contribution >= 4 is 6.09 Å². The number of benzene rings is 3. The van der Waals surface area contributed by atoms with Crippen molar-refractivity contribution in [3.8, 4) is 11.1 Å². The molecule has 1 aliphatic rings. The average Bonchev–Trinajstić information content (AvgIpc) is 3.10. The van der Waals surface area contributed by atoms with Crippen molar-refractivity contribution in [3.05, 3.63) is 95.6 Å². The SMILES string of the molecule is O=C(N[C@H](CCOO)Cc1ccccc1)OCC1c2ccccc2-c2ccccc21. The van der Waals surface area contributed by atoms with E-state index in [1.807, 2.05) is 54.6 Å². The number of amides is 1. The molecule has 0 radical (unpaired) electrons. The van der Waals surface area contributed by atoms with Crippen molar-refractivity contribution in [2.24, 2.45) is 0 Å². The highest BCUT2D eigenvalue weighted by Gasteiger charge is 2.29. The Balaban J connectivity index is 1.41. The molecule has 0 bridgehead atoms. The number of hydrogen-bond acceptors (Lipinski definition) is 4. The van der Waals surface area contributed by atoms with E-state index in [2.05, 4.69) is 34.5 Å². The van der Waals surface area contributed by atoms with Crippen LogP contribution < -0.4 is 5.32 Å². The minimum atomic E-state index is -0.462. The van der Waals surface area contributed by atoms with Crippen molar-refractivity contribution in [3.63, 3.8) is 0 Å². The van der Waals surface area contributed by atoms with Crippen molar-refractivity contribution < 1.29 is 19.7 Å². The normalized spacial score (nSPS) is 13.4. The quantitative estimate of drug-likeness (QED) is 0.410. The Hall–Kier alpha value is -3.15. The van der Waals surface area contributed by atoms with Gasteiger partial charge < -0.3 is 10.1 Å². The number of nitrogens with one attached hydrogen (secondary N) is 1. The molecule has 0 saturated carbocycles. The van der Waals surface area contributed by atoms with Crippen LogP contribution >= 0.6 is 0 Å². The Bertz CT molecular complexity index is 944. The number of carbonyl (C=O) groups excluding carboxylic acids is 1. The third-order valence-electron chi connectivity index (χ3n) is 5.55. The van der Waals surface area contributed by atoms with Gasteiger partial charge in [-0.25, -0.2) is 9.68 Å². The lowest BCUT2D eigenvalue weighted by molar-refractivity contribution is -0.243. The monoisotopic (exact) mass is 403 g/mol. The fourth-order valence-corrected chi connectivity index (χ4v) is 4.13. The standard InChI is InChI=1S/C25H25NO4/c27-25(26-19(14-15-30-28)16-18-8-2-1-3-9-18)29-17-24-22-12-6-4-10-20(22)21-11-5-7-13-23(21)24/h1-13,19,24,28H,14-17H2,(H,26,27)/t19-/m1/s1. The van der Waals surface area contributed by atoms with Crippen molar-refractivity contribution in [2.45, 2.75) is 24.8 Å². The maximum atomic E-state index is 12.6. The smallest absolute Gasteiger partial charge is 0.407 e. The first-order chi connectivity index (χ1) is 14.8. The van der Waals surface area contributed by atoms with Gasteiger partial charge in [-0.15, -0.1) is 0 Å². The summed E-state index contributed by atoms with van der Waals surface area (Å²) in [6, 6.07) is 26.2. The highest BCUT2D eigenvalue weighted by molar-refractivity contribution is 5.79. The van der Waals surface area contributed by atoms with Crippen LogP contribution in [0.5, 0.6) is 0 Å². The Kier molecular flexibility index (Phi) is 6.42. The van der Waals surface area contributed by atoms with E-state index in [0.717, 1.165) is 5.56 Å². The molecule has 3 aromatic rings. The average molecular weight is 403 g/mol. The largest absolute Gasteiger partial charge is 0.449 e. The van der Waals surface area contributed by atoms with E-state index < -0.39 is 6.09 Å². The van der Waals surface area contributed by atoms with Crippen LogP contribution in [0.15, 0.2) is 78.9 Å². The van der Waals surface area contributed by atoms with Crippen LogP contribution in [0, 0.1) is 0 Å². The van der Waals surface area contributed by atoms with E-state index in [-0.39, 0.29) is 25.2 Å². The van der Waals surface area contributed by atoms with Crippen molar-refractivity contribution in [1.29, 1.82) is 0 Å². The maximum Gasteiger partial charge on any atom is 0.407 e. The lowest BCUT2D eigenvalue weighted by atomic mass is 9.98. The summed E-state index contributed by atoms with van der Waals surface area (Å²) in [5.74, 6) is 0.0245. The first kappa shape index (κ1) is 20.1. The van der Waals surface area contributed by atoms with Crippen LogP contribution in [0.1, 0.15) is 29.0 Å². The molecule has 0 aliphatic heterocycles. The number of carbonyl (C=O) groups is 1. The summed E-state index contributed by atoms with van der Waals surface area (Å²) in [5, 5.41) is 11.6. The Morgan fingerprint density at radius 1 is 0.900 bits per heavy atom. The van der Waals surface area contributed by atoms with E-state index in [4.69, 9.17) is 9.99 Å². The predicted molar refractivity (Wildman–Crippen MR) is 115 cm³/mol. The molecule has 2 N–H and O–H groups in total. The highest BCUT2D eigenvalue weighted by atomic mass is 17.1. The molecule has 3 aromatic carbocycles. The molecule has 0 fully saturated rings.